The van der Waals surface area contributed by atoms with Crippen molar-refractivity contribution in [2.24, 2.45) is 0 Å². The monoisotopic (exact) mass is 360 g/mol. The molecule has 0 saturated heterocycles. The third-order valence-electron chi connectivity index (χ3n) is 4.55. The fourth-order valence-electron chi connectivity index (χ4n) is 3.11. The van der Waals surface area contributed by atoms with Gasteiger partial charge in [0.15, 0.2) is 0 Å². The second kappa shape index (κ2) is 9.67. The lowest BCUT2D eigenvalue weighted by Gasteiger charge is -2.11. The summed E-state index contributed by atoms with van der Waals surface area (Å²) in [6, 6.07) is 26.0. The smallest absolute Gasteiger partial charge is 0.274 e. The number of rotatable bonds is 8. The van der Waals surface area contributed by atoms with Crippen LogP contribution in [0, 0.1) is 0 Å². The molecule has 4 nitrogen and oxygen atoms in total. The van der Waals surface area contributed by atoms with Gasteiger partial charge in [0.05, 0.1) is 0 Å². The fraction of sp³-hybridized carbons (Fsp3) is 0.174. The van der Waals surface area contributed by atoms with Crippen molar-refractivity contribution in [1.29, 1.82) is 0 Å². The van der Waals surface area contributed by atoms with Crippen LogP contribution in [0.5, 0.6) is 0 Å². The Morgan fingerprint density at radius 3 is 2.30 bits per heavy atom. The van der Waals surface area contributed by atoms with Crippen LogP contribution >= 0.6 is 0 Å². The number of hydrogen-bond donors (Lipinski definition) is 3. The van der Waals surface area contributed by atoms with E-state index >= 15 is 0 Å². The zero-order chi connectivity index (χ0) is 18.9. The Morgan fingerprint density at radius 2 is 1.56 bits per heavy atom. The molecule has 0 radical (unpaired) electrons. The van der Waals surface area contributed by atoms with Crippen LogP contribution in [0.4, 0.5) is 0 Å². The lowest BCUT2D eigenvalue weighted by molar-refractivity contribution is 0.0706. The largest absolute Gasteiger partial charge is 0.313 e. The van der Waals surface area contributed by atoms with Crippen LogP contribution in [0.25, 0.3) is 11.1 Å². The molecule has 0 aliphatic heterocycles. The van der Waals surface area contributed by atoms with Gasteiger partial charge < -0.3 is 5.32 Å². The quantitative estimate of drug-likeness (QED) is 0.321. The van der Waals surface area contributed by atoms with E-state index in [-0.39, 0.29) is 0 Å². The first-order chi connectivity index (χ1) is 13.3. The molecule has 3 aromatic rings. The molecular formula is C23H24N2O2. The number of amides is 1. The molecule has 1 amide bonds. The summed E-state index contributed by atoms with van der Waals surface area (Å²) in [6.45, 7) is 1.75. The number of carbonyl (C=O) groups is 1. The third kappa shape index (κ3) is 5.26. The van der Waals surface area contributed by atoms with E-state index in [4.69, 9.17) is 5.21 Å². The predicted octanol–water partition coefficient (Wildman–Crippen LogP) is 4.20. The van der Waals surface area contributed by atoms with Crippen LogP contribution in [0.3, 0.4) is 0 Å². The lowest BCUT2D eigenvalue weighted by atomic mass is 9.98. The summed E-state index contributed by atoms with van der Waals surface area (Å²) in [5.41, 5.74) is 6.86. The molecule has 0 fully saturated rings. The molecule has 0 saturated carbocycles. The molecule has 3 rings (SSSR count). The first-order valence-corrected chi connectivity index (χ1v) is 9.15. The van der Waals surface area contributed by atoms with Gasteiger partial charge in [-0.1, -0.05) is 66.7 Å². The van der Waals surface area contributed by atoms with Crippen molar-refractivity contribution in [3.05, 3.63) is 95.6 Å². The number of hydroxylamine groups is 1. The van der Waals surface area contributed by atoms with E-state index in [9.17, 15) is 4.79 Å². The van der Waals surface area contributed by atoms with E-state index in [1.165, 1.54) is 11.1 Å². The van der Waals surface area contributed by atoms with E-state index in [1.54, 1.807) is 17.6 Å². The van der Waals surface area contributed by atoms with E-state index in [1.807, 2.05) is 30.3 Å². The van der Waals surface area contributed by atoms with Gasteiger partial charge in [-0.25, -0.2) is 5.48 Å². The topological polar surface area (TPSA) is 61.4 Å². The van der Waals surface area contributed by atoms with Gasteiger partial charge in [-0.05, 0) is 53.8 Å². The Labute approximate surface area is 159 Å². The number of aryl methyl sites for hydroxylation is 1. The zero-order valence-corrected chi connectivity index (χ0v) is 15.2. The number of hydrogen-bond acceptors (Lipinski definition) is 3. The normalized spacial score (nSPS) is 10.6. The molecule has 0 aromatic heterocycles. The molecule has 0 atom stereocenters. The van der Waals surface area contributed by atoms with Gasteiger partial charge in [-0.2, -0.15) is 0 Å². The molecule has 0 unspecified atom stereocenters. The van der Waals surface area contributed by atoms with Crippen LogP contribution in [0.1, 0.15) is 27.9 Å². The molecule has 3 N–H and O–H groups in total. The maximum atomic E-state index is 11.5. The summed E-state index contributed by atoms with van der Waals surface area (Å²) >= 11 is 0. The van der Waals surface area contributed by atoms with Crippen molar-refractivity contribution in [1.82, 2.24) is 10.8 Å². The minimum absolute atomic E-state index is 0.428. The summed E-state index contributed by atoms with van der Waals surface area (Å²) in [5, 5.41) is 12.2. The Balaban J connectivity index is 1.58. The molecule has 0 aliphatic carbocycles. The van der Waals surface area contributed by atoms with Gasteiger partial charge >= 0.3 is 0 Å². The average molecular weight is 360 g/mol. The van der Waals surface area contributed by atoms with E-state index in [0.717, 1.165) is 37.1 Å². The molecule has 0 bridgehead atoms. The van der Waals surface area contributed by atoms with Gasteiger partial charge in [-0.3, -0.25) is 10.0 Å². The second-order valence-electron chi connectivity index (χ2n) is 6.44. The van der Waals surface area contributed by atoms with Crippen molar-refractivity contribution in [2.45, 2.75) is 19.4 Å². The predicted molar refractivity (Wildman–Crippen MR) is 108 cm³/mol. The second-order valence-corrected chi connectivity index (χ2v) is 6.44. The number of nitrogens with one attached hydrogen (secondary N) is 2. The van der Waals surface area contributed by atoms with Gasteiger partial charge in [0.2, 0.25) is 0 Å². The number of carbonyl (C=O) groups excluding carboxylic acids is 1. The summed E-state index contributed by atoms with van der Waals surface area (Å²) in [4.78, 5) is 11.5. The molecule has 4 heteroatoms. The molecule has 0 spiro atoms. The molecule has 27 heavy (non-hydrogen) atoms. The molecule has 0 aliphatic rings. The Hall–Kier alpha value is -2.95. The van der Waals surface area contributed by atoms with Gasteiger partial charge in [0, 0.05) is 12.1 Å². The molecule has 3 aromatic carbocycles. The fourth-order valence-corrected chi connectivity index (χ4v) is 3.11. The molecular weight excluding hydrogens is 336 g/mol. The van der Waals surface area contributed by atoms with Crippen LogP contribution in [0.2, 0.25) is 0 Å². The van der Waals surface area contributed by atoms with Crippen LogP contribution in [-0.4, -0.2) is 17.7 Å². The number of benzene rings is 3. The first kappa shape index (κ1) is 18.8. The molecule has 138 valence electrons. The van der Waals surface area contributed by atoms with Crippen LogP contribution in [0.15, 0.2) is 78.9 Å². The SMILES string of the molecule is O=C(NO)c1ccc(-c2ccccc2CNCCCc2ccccc2)cc1. The van der Waals surface area contributed by atoms with Crippen molar-refractivity contribution in [3.63, 3.8) is 0 Å². The van der Waals surface area contributed by atoms with Gasteiger partial charge in [0.25, 0.3) is 5.91 Å². The van der Waals surface area contributed by atoms with E-state index in [2.05, 4.69) is 41.7 Å². The Bertz CT molecular complexity index is 861. The highest BCUT2D eigenvalue weighted by Crippen LogP contribution is 2.24. The van der Waals surface area contributed by atoms with Gasteiger partial charge in [-0.15, -0.1) is 0 Å². The molecule has 0 heterocycles. The minimum Gasteiger partial charge on any atom is -0.313 e. The standard InChI is InChI=1S/C23H24N2O2/c26-23(25-27)20-14-12-19(13-15-20)22-11-5-4-10-21(22)17-24-16-6-9-18-7-2-1-3-8-18/h1-5,7-8,10-15,24,27H,6,9,16-17H2,(H,25,26). The van der Waals surface area contributed by atoms with E-state index < -0.39 is 5.91 Å². The average Bonchev–Trinajstić information content (AvgIpc) is 2.74. The van der Waals surface area contributed by atoms with E-state index in [0.29, 0.717) is 5.56 Å². The van der Waals surface area contributed by atoms with Crippen LogP contribution in [-0.2, 0) is 13.0 Å². The Kier molecular flexibility index (Phi) is 6.74. The maximum Gasteiger partial charge on any atom is 0.274 e. The Morgan fingerprint density at radius 1 is 0.852 bits per heavy atom. The highest BCUT2D eigenvalue weighted by atomic mass is 16.5. The first-order valence-electron chi connectivity index (χ1n) is 9.15. The highest BCUT2D eigenvalue weighted by molar-refractivity contribution is 5.93. The maximum absolute atomic E-state index is 11.5. The van der Waals surface area contributed by atoms with Gasteiger partial charge in [0.1, 0.15) is 0 Å². The van der Waals surface area contributed by atoms with Crippen LogP contribution < -0.4 is 10.8 Å². The summed E-state index contributed by atoms with van der Waals surface area (Å²) in [6.07, 6.45) is 2.17. The van der Waals surface area contributed by atoms with Crippen molar-refractivity contribution in [3.8, 4) is 11.1 Å². The summed E-state index contributed by atoms with van der Waals surface area (Å²) in [7, 11) is 0. The highest BCUT2D eigenvalue weighted by Gasteiger charge is 2.07. The minimum atomic E-state index is -0.505. The zero-order valence-electron chi connectivity index (χ0n) is 15.2. The van der Waals surface area contributed by atoms with Crippen molar-refractivity contribution >= 4 is 5.91 Å². The lowest BCUT2D eigenvalue weighted by Crippen LogP contribution is -2.18. The third-order valence-corrected chi connectivity index (χ3v) is 4.55. The van der Waals surface area contributed by atoms with Crippen molar-refractivity contribution < 1.29 is 10.0 Å². The summed E-state index contributed by atoms with van der Waals surface area (Å²) < 4.78 is 0. The van der Waals surface area contributed by atoms with Crippen molar-refractivity contribution in [2.75, 3.05) is 6.54 Å². The summed E-state index contributed by atoms with van der Waals surface area (Å²) in [5.74, 6) is -0.505.